The van der Waals surface area contributed by atoms with Gasteiger partial charge in [0.1, 0.15) is 5.38 Å². The van der Waals surface area contributed by atoms with Gasteiger partial charge in [0, 0.05) is 6.54 Å². The van der Waals surface area contributed by atoms with E-state index in [1.807, 2.05) is 42.5 Å². The Bertz CT molecular complexity index is 578. The van der Waals surface area contributed by atoms with E-state index in [9.17, 15) is 4.79 Å². The first-order valence-corrected chi connectivity index (χ1v) is 7.57. The van der Waals surface area contributed by atoms with E-state index in [0.717, 1.165) is 11.1 Å². The van der Waals surface area contributed by atoms with Crippen molar-refractivity contribution >= 4 is 17.5 Å². The lowest BCUT2D eigenvalue weighted by Gasteiger charge is -2.11. The maximum atomic E-state index is 12.0. The second kappa shape index (κ2) is 7.28. The molecule has 0 bridgehead atoms. The Balaban J connectivity index is 1.92. The summed E-state index contributed by atoms with van der Waals surface area (Å²) < 4.78 is 0. The van der Waals surface area contributed by atoms with Gasteiger partial charge in [-0.05, 0) is 22.6 Å². The molecule has 3 heteroatoms. The van der Waals surface area contributed by atoms with Crippen molar-refractivity contribution in [2.75, 3.05) is 0 Å². The van der Waals surface area contributed by atoms with Gasteiger partial charge in [-0.1, -0.05) is 68.4 Å². The van der Waals surface area contributed by atoms with Crippen molar-refractivity contribution in [3.63, 3.8) is 0 Å². The lowest BCUT2D eigenvalue weighted by molar-refractivity contribution is -0.121. The van der Waals surface area contributed by atoms with Gasteiger partial charge in [0.2, 0.25) is 5.91 Å². The largest absolute Gasteiger partial charge is 0.350 e. The average molecular weight is 302 g/mol. The minimum absolute atomic E-state index is 0.171. The van der Waals surface area contributed by atoms with Crippen LogP contribution < -0.4 is 5.32 Å². The van der Waals surface area contributed by atoms with Crippen LogP contribution in [0.25, 0.3) is 0 Å². The number of carbonyl (C=O) groups excluding carboxylic acids is 1. The third-order valence-electron chi connectivity index (χ3n) is 3.44. The molecule has 0 aliphatic carbocycles. The van der Waals surface area contributed by atoms with Gasteiger partial charge >= 0.3 is 0 Å². The molecule has 0 fully saturated rings. The van der Waals surface area contributed by atoms with Gasteiger partial charge in [-0.15, -0.1) is 11.6 Å². The van der Waals surface area contributed by atoms with Crippen molar-refractivity contribution < 1.29 is 4.79 Å². The molecule has 1 atom stereocenters. The van der Waals surface area contributed by atoms with Crippen LogP contribution in [0.5, 0.6) is 0 Å². The monoisotopic (exact) mass is 301 g/mol. The number of hydrogen-bond acceptors (Lipinski definition) is 1. The topological polar surface area (TPSA) is 29.1 Å². The Hall–Kier alpha value is -1.80. The number of halogens is 1. The summed E-state index contributed by atoms with van der Waals surface area (Å²) in [6.07, 6.45) is 0. The number of nitrogens with one attached hydrogen (secondary N) is 1. The Labute approximate surface area is 131 Å². The molecule has 1 N–H and O–H groups in total. The molecular weight excluding hydrogens is 282 g/mol. The highest BCUT2D eigenvalue weighted by Gasteiger charge is 2.16. The Kier molecular flexibility index (Phi) is 5.40. The molecule has 1 amide bonds. The summed E-state index contributed by atoms with van der Waals surface area (Å²) >= 11 is 6.18. The quantitative estimate of drug-likeness (QED) is 0.815. The minimum atomic E-state index is -0.652. The fourth-order valence-corrected chi connectivity index (χ4v) is 2.30. The predicted octanol–water partition coefficient (Wildman–Crippen LogP) is 4.41. The molecule has 2 aromatic rings. The maximum absolute atomic E-state index is 12.0. The Morgan fingerprint density at radius 2 is 1.62 bits per heavy atom. The molecule has 0 spiro atoms. The van der Waals surface area contributed by atoms with E-state index in [1.54, 1.807) is 0 Å². The molecule has 0 aromatic heterocycles. The van der Waals surface area contributed by atoms with E-state index in [-0.39, 0.29) is 5.91 Å². The molecule has 0 saturated heterocycles. The summed E-state index contributed by atoms with van der Waals surface area (Å²) in [5.74, 6) is 0.342. The molecule has 110 valence electrons. The molecule has 2 nitrogen and oxygen atoms in total. The normalized spacial score (nSPS) is 12.2. The first-order chi connectivity index (χ1) is 10.1. The summed E-state index contributed by atoms with van der Waals surface area (Å²) in [7, 11) is 0. The molecule has 0 aliphatic rings. The standard InChI is InChI=1S/C18H20ClNO/c1-13(2)15-10-8-14(9-11-15)12-20-18(21)17(19)16-6-4-3-5-7-16/h3-11,13,17H,12H2,1-2H3,(H,20,21). The highest BCUT2D eigenvalue weighted by molar-refractivity contribution is 6.30. The summed E-state index contributed by atoms with van der Waals surface area (Å²) in [6.45, 7) is 4.82. The maximum Gasteiger partial charge on any atom is 0.242 e. The smallest absolute Gasteiger partial charge is 0.242 e. The second-order valence-electron chi connectivity index (χ2n) is 5.39. The van der Waals surface area contributed by atoms with Crippen molar-refractivity contribution in [1.82, 2.24) is 5.32 Å². The van der Waals surface area contributed by atoms with E-state index in [0.29, 0.717) is 12.5 Å². The first kappa shape index (κ1) is 15.6. The highest BCUT2D eigenvalue weighted by atomic mass is 35.5. The zero-order valence-electron chi connectivity index (χ0n) is 12.3. The summed E-state index contributed by atoms with van der Waals surface area (Å²) in [5.41, 5.74) is 3.18. The molecule has 0 saturated carbocycles. The van der Waals surface area contributed by atoms with Crippen molar-refractivity contribution in [3.8, 4) is 0 Å². The van der Waals surface area contributed by atoms with Gasteiger partial charge in [0.05, 0.1) is 0 Å². The lowest BCUT2D eigenvalue weighted by Crippen LogP contribution is -2.26. The van der Waals surface area contributed by atoms with Gasteiger partial charge in [-0.25, -0.2) is 0 Å². The molecule has 1 unspecified atom stereocenters. The molecule has 2 rings (SSSR count). The minimum Gasteiger partial charge on any atom is -0.350 e. The van der Waals surface area contributed by atoms with E-state index in [1.165, 1.54) is 5.56 Å². The van der Waals surface area contributed by atoms with Crippen LogP contribution in [0.1, 0.15) is 41.8 Å². The summed E-state index contributed by atoms with van der Waals surface area (Å²) in [4.78, 5) is 12.0. The van der Waals surface area contributed by atoms with E-state index >= 15 is 0 Å². The van der Waals surface area contributed by atoms with Crippen LogP contribution in [0.3, 0.4) is 0 Å². The molecule has 0 aliphatic heterocycles. The number of carbonyl (C=O) groups is 1. The zero-order chi connectivity index (χ0) is 15.2. The predicted molar refractivity (Wildman–Crippen MR) is 87.4 cm³/mol. The van der Waals surface area contributed by atoms with Crippen LogP contribution in [-0.2, 0) is 11.3 Å². The fraction of sp³-hybridized carbons (Fsp3) is 0.278. The average Bonchev–Trinajstić information content (AvgIpc) is 2.53. The number of benzene rings is 2. The first-order valence-electron chi connectivity index (χ1n) is 7.13. The van der Waals surface area contributed by atoms with Crippen LogP contribution in [0.4, 0.5) is 0 Å². The highest BCUT2D eigenvalue weighted by Crippen LogP contribution is 2.20. The molecule has 0 radical (unpaired) electrons. The lowest BCUT2D eigenvalue weighted by atomic mass is 10.0. The molecule has 2 aromatic carbocycles. The SMILES string of the molecule is CC(C)c1ccc(CNC(=O)C(Cl)c2ccccc2)cc1. The second-order valence-corrected chi connectivity index (χ2v) is 5.82. The van der Waals surface area contributed by atoms with E-state index in [2.05, 4.69) is 31.3 Å². The number of alkyl halides is 1. The van der Waals surface area contributed by atoms with Gasteiger partial charge in [-0.2, -0.15) is 0 Å². The fourth-order valence-electron chi connectivity index (χ4n) is 2.07. The third-order valence-corrected chi connectivity index (χ3v) is 3.89. The van der Waals surface area contributed by atoms with Crippen LogP contribution >= 0.6 is 11.6 Å². The summed E-state index contributed by atoms with van der Waals surface area (Å²) in [5, 5.41) is 2.22. The van der Waals surface area contributed by atoms with Crippen molar-refractivity contribution in [2.24, 2.45) is 0 Å². The number of hydrogen-bond donors (Lipinski definition) is 1. The zero-order valence-corrected chi connectivity index (χ0v) is 13.1. The van der Waals surface area contributed by atoms with E-state index < -0.39 is 5.38 Å². The molecule has 21 heavy (non-hydrogen) atoms. The van der Waals surface area contributed by atoms with Crippen LogP contribution in [-0.4, -0.2) is 5.91 Å². The van der Waals surface area contributed by atoms with Crippen molar-refractivity contribution in [3.05, 3.63) is 71.3 Å². The van der Waals surface area contributed by atoms with Crippen LogP contribution in [0.15, 0.2) is 54.6 Å². The molecule has 0 heterocycles. The van der Waals surface area contributed by atoms with Gasteiger partial charge < -0.3 is 5.32 Å². The Morgan fingerprint density at radius 3 is 2.19 bits per heavy atom. The summed E-state index contributed by atoms with van der Waals surface area (Å²) in [6, 6.07) is 17.7. The third kappa shape index (κ3) is 4.33. The number of rotatable bonds is 5. The van der Waals surface area contributed by atoms with Crippen molar-refractivity contribution in [1.29, 1.82) is 0 Å². The Morgan fingerprint density at radius 1 is 1.00 bits per heavy atom. The van der Waals surface area contributed by atoms with Gasteiger partial charge in [0.25, 0.3) is 0 Å². The van der Waals surface area contributed by atoms with Gasteiger partial charge in [0.15, 0.2) is 0 Å². The van der Waals surface area contributed by atoms with Crippen LogP contribution in [0, 0.1) is 0 Å². The van der Waals surface area contributed by atoms with Gasteiger partial charge in [-0.3, -0.25) is 4.79 Å². The van der Waals surface area contributed by atoms with Crippen molar-refractivity contribution in [2.45, 2.75) is 31.7 Å². The molecular formula is C18H20ClNO. The number of amides is 1. The van der Waals surface area contributed by atoms with Crippen LogP contribution in [0.2, 0.25) is 0 Å². The van der Waals surface area contributed by atoms with E-state index in [4.69, 9.17) is 11.6 Å².